The molecule has 124 valence electrons. The summed E-state index contributed by atoms with van der Waals surface area (Å²) in [5.41, 5.74) is 1.01. The van der Waals surface area contributed by atoms with Gasteiger partial charge >= 0.3 is 6.03 Å². The number of carbonyl (C=O) groups is 3. The van der Waals surface area contributed by atoms with Gasteiger partial charge in [0.25, 0.3) is 0 Å². The van der Waals surface area contributed by atoms with Crippen LogP contribution in [0.5, 0.6) is 0 Å². The Kier molecular flexibility index (Phi) is 5.70. The van der Waals surface area contributed by atoms with E-state index in [1.165, 1.54) is 6.92 Å². The molecule has 1 aromatic carbocycles. The number of aliphatic hydroxyl groups is 1. The van der Waals surface area contributed by atoms with E-state index in [4.69, 9.17) is 0 Å². The summed E-state index contributed by atoms with van der Waals surface area (Å²) in [4.78, 5) is 36.2. The largest absolute Gasteiger partial charge is 0.389 e. The number of urea groups is 1. The second-order valence-electron chi connectivity index (χ2n) is 5.57. The second-order valence-corrected chi connectivity index (χ2v) is 5.57. The van der Waals surface area contributed by atoms with Crippen molar-refractivity contribution in [3.8, 4) is 0 Å². The minimum atomic E-state index is -0.814. The minimum Gasteiger partial charge on any atom is -0.389 e. The van der Waals surface area contributed by atoms with Gasteiger partial charge in [-0.1, -0.05) is 12.1 Å². The van der Waals surface area contributed by atoms with Gasteiger partial charge in [-0.2, -0.15) is 0 Å². The zero-order chi connectivity index (χ0) is 16.8. The van der Waals surface area contributed by atoms with Crippen molar-refractivity contribution in [2.75, 3.05) is 25.0 Å². The molecule has 0 saturated carbocycles. The van der Waals surface area contributed by atoms with Crippen molar-refractivity contribution in [3.63, 3.8) is 0 Å². The summed E-state index contributed by atoms with van der Waals surface area (Å²) < 4.78 is 0. The van der Waals surface area contributed by atoms with Gasteiger partial charge in [0.2, 0.25) is 5.91 Å². The lowest BCUT2D eigenvalue weighted by atomic mass is 10.1. The Balaban J connectivity index is 1.77. The van der Waals surface area contributed by atoms with Crippen LogP contribution in [0.4, 0.5) is 10.5 Å². The number of Topliss-reactive ketones (excluding diaryl/α,β-unsaturated/α-hetero) is 1. The zero-order valence-corrected chi connectivity index (χ0v) is 13.0. The van der Waals surface area contributed by atoms with Crippen molar-refractivity contribution in [1.82, 2.24) is 10.2 Å². The number of ketones is 1. The molecule has 2 rings (SSSR count). The highest BCUT2D eigenvalue weighted by molar-refractivity contribution is 5.96. The van der Waals surface area contributed by atoms with Gasteiger partial charge in [-0.25, -0.2) is 4.79 Å². The average molecular weight is 319 g/mol. The first-order valence-electron chi connectivity index (χ1n) is 7.57. The molecule has 0 bridgehead atoms. The number of hydrogen-bond acceptors (Lipinski definition) is 4. The van der Waals surface area contributed by atoms with Crippen molar-refractivity contribution in [1.29, 1.82) is 0 Å². The summed E-state index contributed by atoms with van der Waals surface area (Å²) in [6, 6.07) is 6.13. The molecule has 0 radical (unpaired) electrons. The van der Waals surface area contributed by atoms with E-state index >= 15 is 0 Å². The molecule has 1 aromatic rings. The number of benzene rings is 1. The normalized spacial score (nSPS) is 15.4. The fourth-order valence-electron chi connectivity index (χ4n) is 2.42. The van der Waals surface area contributed by atoms with E-state index in [0.29, 0.717) is 24.2 Å². The van der Waals surface area contributed by atoms with Crippen molar-refractivity contribution in [2.45, 2.75) is 25.9 Å². The predicted molar refractivity (Wildman–Crippen MR) is 85.3 cm³/mol. The molecule has 1 atom stereocenters. The fraction of sp³-hybridized carbons (Fsp3) is 0.438. The van der Waals surface area contributed by atoms with Gasteiger partial charge in [0, 0.05) is 37.3 Å². The molecular formula is C16H21N3O4. The Hall–Kier alpha value is -2.41. The molecule has 1 aliphatic rings. The SMILES string of the molecule is CC(=O)c1cccc(NC(=O)NC[C@H](O)CN2CCCC2=O)c1. The molecule has 3 N–H and O–H groups in total. The topological polar surface area (TPSA) is 98.7 Å². The van der Waals surface area contributed by atoms with Crippen LogP contribution in [0.2, 0.25) is 0 Å². The van der Waals surface area contributed by atoms with Gasteiger partial charge in [0.15, 0.2) is 5.78 Å². The fourth-order valence-corrected chi connectivity index (χ4v) is 2.42. The van der Waals surface area contributed by atoms with Crippen LogP contribution in [0.1, 0.15) is 30.1 Å². The molecule has 3 amide bonds. The smallest absolute Gasteiger partial charge is 0.319 e. The van der Waals surface area contributed by atoms with Crippen LogP contribution in [0.15, 0.2) is 24.3 Å². The third-order valence-corrected chi connectivity index (χ3v) is 3.63. The summed E-state index contributed by atoms with van der Waals surface area (Å²) in [7, 11) is 0. The zero-order valence-electron chi connectivity index (χ0n) is 13.0. The van der Waals surface area contributed by atoms with E-state index in [1.807, 2.05) is 0 Å². The highest BCUT2D eigenvalue weighted by Crippen LogP contribution is 2.11. The first kappa shape index (κ1) is 17.0. The Labute approximate surface area is 134 Å². The third kappa shape index (κ3) is 5.07. The number of amides is 3. The number of β-amino-alcohol motifs (C(OH)–C–C–N with tert-alkyl or cyclic N) is 1. The molecule has 0 spiro atoms. The number of rotatable bonds is 6. The maximum absolute atomic E-state index is 11.8. The Morgan fingerprint density at radius 3 is 2.83 bits per heavy atom. The van der Waals surface area contributed by atoms with E-state index in [0.717, 1.165) is 6.42 Å². The highest BCUT2D eigenvalue weighted by Gasteiger charge is 2.22. The van der Waals surface area contributed by atoms with Crippen LogP contribution >= 0.6 is 0 Å². The first-order valence-corrected chi connectivity index (χ1v) is 7.57. The summed E-state index contributed by atoms with van der Waals surface area (Å²) in [5.74, 6) is -0.0469. The van der Waals surface area contributed by atoms with Gasteiger partial charge in [0.1, 0.15) is 0 Å². The Bertz CT molecular complexity index is 603. The average Bonchev–Trinajstić information content (AvgIpc) is 2.90. The molecule has 0 aliphatic carbocycles. The number of nitrogens with zero attached hydrogens (tertiary/aromatic N) is 1. The number of anilines is 1. The maximum Gasteiger partial charge on any atom is 0.319 e. The van der Waals surface area contributed by atoms with Crippen molar-refractivity contribution in [3.05, 3.63) is 29.8 Å². The van der Waals surface area contributed by atoms with Crippen molar-refractivity contribution >= 4 is 23.4 Å². The lowest BCUT2D eigenvalue weighted by Gasteiger charge is -2.20. The van der Waals surface area contributed by atoms with Gasteiger partial charge < -0.3 is 20.6 Å². The van der Waals surface area contributed by atoms with Gasteiger partial charge in [-0.15, -0.1) is 0 Å². The number of likely N-dealkylation sites (tertiary alicyclic amines) is 1. The predicted octanol–water partition coefficient (Wildman–Crippen LogP) is 0.994. The molecule has 1 fully saturated rings. The molecule has 23 heavy (non-hydrogen) atoms. The summed E-state index contributed by atoms with van der Waals surface area (Å²) in [5, 5.41) is 15.0. The molecule has 1 heterocycles. The van der Waals surface area contributed by atoms with Crippen LogP contribution < -0.4 is 10.6 Å². The standard InChI is InChI=1S/C16H21N3O4/c1-11(20)12-4-2-5-13(8-12)18-16(23)17-9-14(21)10-19-7-3-6-15(19)22/h2,4-5,8,14,21H,3,6-7,9-10H2,1H3,(H2,17,18,23)/t14-/m0/s1. The first-order chi connectivity index (χ1) is 11.0. The van der Waals surface area contributed by atoms with Crippen molar-refractivity contribution in [2.24, 2.45) is 0 Å². The van der Waals surface area contributed by atoms with E-state index in [-0.39, 0.29) is 24.8 Å². The van der Waals surface area contributed by atoms with E-state index in [2.05, 4.69) is 10.6 Å². The third-order valence-electron chi connectivity index (χ3n) is 3.63. The van der Waals surface area contributed by atoms with Gasteiger partial charge in [0.05, 0.1) is 6.10 Å². The summed E-state index contributed by atoms with van der Waals surface area (Å²) >= 11 is 0. The van der Waals surface area contributed by atoms with Crippen LogP contribution in [-0.2, 0) is 4.79 Å². The van der Waals surface area contributed by atoms with E-state index in [1.54, 1.807) is 29.2 Å². The van der Waals surface area contributed by atoms with Crippen LogP contribution in [0, 0.1) is 0 Å². The van der Waals surface area contributed by atoms with Crippen LogP contribution in [0.3, 0.4) is 0 Å². The molecular weight excluding hydrogens is 298 g/mol. The molecule has 7 heteroatoms. The van der Waals surface area contributed by atoms with Crippen LogP contribution in [-0.4, -0.2) is 53.5 Å². The van der Waals surface area contributed by atoms with E-state index < -0.39 is 12.1 Å². The molecule has 0 aromatic heterocycles. The summed E-state index contributed by atoms with van der Waals surface area (Å²) in [6.45, 7) is 2.37. The number of aliphatic hydroxyl groups excluding tert-OH is 1. The second kappa shape index (κ2) is 7.73. The number of hydrogen-bond donors (Lipinski definition) is 3. The minimum absolute atomic E-state index is 0.0366. The number of carbonyl (C=O) groups excluding carboxylic acids is 3. The van der Waals surface area contributed by atoms with Crippen LogP contribution in [0.25, 0.3) is 0 Å². The summed E-state index contributed by atoms with van der Waals surface area (Å²) in [6.07, 6.45) is 0.519. The monoisotopic (exact) mass is 319 g/mol. The molecule has 0 unspecified atom stereocenters. The van der Waals surface area contributed by atoms with Crippen molar-refractivity contribution < 1.29 is 19.5 Å². The quantitative estimate of drug-likeness (QED) is 0.681. The maximum atomic E-state index is 11.8. The Morgan fingerprint density at radius 1 is 1.39 bits per heavy atom. The molecule has 7 nitrogen and oxygen atoms in total. The van der Waals surface area contributed by atoms with Gasteiger partial charge in [-0.3, -0.25) is 9.59 Å². The lowest BCUT2D eigenvalue weighted by Crippen LogP contribution is -2.41. The Morgan fingerprint density at radius 2 is 2.17 bits per heavy atom. The molecule has 1 aliphatic heterocycles. The lowest BCUT2D eigenvalue weighted by molar-refractivity contribution is -0.128. The van der Waals surface area contributed by atoms with Gasteiger partial charge in [-0.05, 0) is 25.5 Å². The highest BCUT2D eigenvalue weighted by atomic mass is 16.3. The van der Waals surface area contributed by atoms with E-state index in [9.17, 15) is 19.5 Å². The number of nitrogens with one attached hydrogen (secondary N) is 2. The molecule has 1 saturated heterocycles.